The molecule has 1 aliphatic heterocycles. The summed E-state index contributed by atoms with van der Waals surface area (Å²) >= 11 is 3.46. The van der Waals surface area contributed by atoms with Crippen molar-refractivity contribution < 1.29 is 23.7 Å². The van der Waals surface area contributed by atoms with E-state index in [-0.39, 0.29) is 24.3 Å². The number of ether oxygens (including phenoxy) is 4. The number of methoxy groups -OCH3 is 1. The molecule has 0 radical (unpaired) electrons. The lowest BCUT2D eigenvalue weighted by atomic mass is 9.87. The van der Waals surface area contributed by atoms with Crippen molar-refractivity contribution in [2.24, 2.45) is 5.92 Å². The molecule has 0 aromatic carbocycles. The Morgan fingerprint density at radius 3 is 2.93 bits per heavy atom. The summed E-state index contributed by atoms with van der Waals surface area (Å²) < 4.78 is 22.6. The minimum absolute atomic E-state index is 0.0169. The monoisotopic (exact) mass is 451 g/mol. The van der Waals surface area contributed by atoms with Crippen molar-refractivity contribution >= 4 is 21.9 Å². The van der Waals surface area contributed by atoms with Crippen molar-refractivity contribution in [1.29, 1.82) is 0 Å². The molecule has 1 saturated heterocycles. The second-order valence-corrected chi connectivity index (χ2v) is 7.77. The topological polar surface area (TPSA) is 66.9 Å². The summed E-state index contributed by atoms with van der Waals surface area (Å²) in [5, 5.41) is 0. The number of hydrogen-bond acceptors (Lipinski definition) is 6. The molecule has 1 aromatic heterocycles. The van der Waals surface area contributed by atoms with Gasteiger partial charge in [0, 0.05) is 6.61 Å². The molecule has 28 heavy (non-hydrogen) atoms. The van der Waals surface area contributed by atoms with Gasteiger partial charge < -0.3 is 18.9 Å². The van der Waals surface area contributed by atoms with Gasteiger partial charge in [0.15, 0.2) is 12.0 Å². The Bertz CT molecular complexity index is 723. The van der Waals surface area contributed by atoms with Crippen molar-refractivity contribution in [3.8, 4) is 17.6 Å². The first-order valence-electron chi connectivity index (χ1n) is 9.79. The van der Waals surface area contributed by atoms with Gasteiger partial charge in [0.05, 0.1) is 19.1 Å². The predicted molar refractivity (Wildman–Crippen MR) is 107 cm³/mol. The quantitative estimate of drug-likeness (QED) is 0.384. The van der Waals surface area contributed by atoms with Crippen LogP contribution < -0.4 is 4.74 Å². The molecular weight excluding hydrogens is 426 g/mol. The molecule has 6 nitrogen and oxygen atoms in total. The lowest BCUT2D eigenvalue weighted by Crippen LogP contribution is -2.30. The van der Waals surface area contributed by atoms with Crippen LogP contribution in [0.25, 0.3) is 0 Å². The van der Waals surface area contributed by atoms with E-state index in [2.05, 4.69) is 32.8 Å². The van der Waals surface area contributed by atoms with E-state index in [0.717, 1.165) is 45.1 Å². The Morgan fingerprint density at radius 1 is 1.29 bits per heavy atom. The van der Waals surface area contributed by atoms with Crippen LogP contribution in [-0.4, -0.2) is 43.7 Å². The average molecular weight is 452 g/mol. The summed E-state index contributed by atoms with van der Waals surface area (Å²) in [6.07, 6.45) is 6.40. The van der Waals surface area contributed by atoms with Gasteiger partial charge in [-0.25, -0.2) is 4.98 Å². The highest BCUT2D eigenvalue weighted by Gasteiger charge is 2.29. The Morgan fingerprint density at radius 2 is 2.18 bits per heavy atom. The number of halogens is 1. The van der Waals surface area contributed by atoms with Crippen LogP contribution in [0.4, 0.5) is 0 Å². The third-order valence-corrected chi connectivity index (χ3v) is 5.53. The Balaban J connectivity index is 1.51. The van der Waals surface area contributed by atoms with Gasteiger partial charge in [-0.2, -0.15) is 0 Å². The van der Waals surface area contributed by atoms with Gasteiger partial charge in [0.1, 0.15) is 16.9 Å². The van der Waals surface area contributed by atoms with Crippen LogP contribution in [0.3, 0.4) is 0 Å². The number of nitrogens with zero attached hydrogens (tertiary/aromatic N) is 1. The van der Waals surface area contributed by atoms with E-state index in [1.165, 1.54) is 7.11 Å². The van der Waals surface area contributed by atoms with Crippen LogP contribution in [0.1, 0.15) is 50.6 Å². The Kier molecular flexibility index (Phi) is 8.13. The van der Waals surface area contributed by atoms with Gasteiger partial charge in [0.25, 0.3) is 0 Å². The molecule has 2 heterocycles. The number of aromatic nitrogens is 1. The fourth-order valence-corrected chi connectivity index (χ4v) is 3.91. The first-order chi connectivity index (χ1) is 13.7. The van der Waals surface area contributed by atoms with Crippen molar-refractivity contribution in [3.63, 3.8) is 0 Å². The number of hydrogen-bond donors (Lipinski definition) is 0. The molecule has 1 aliphatic carbocycles. The van der Waals surface area contributed by atoms with E-state index in [1.807, 2.05) is 12.1 Å². The normalized spacial score (nSPS) is 24.7. The number of carbonyl (C=O) groups excluding carboxylic acids is 1. The smallest absolute Gasteiger partial charge is 0.308 e. The maximum Gasteiger partial charge on any atom is 0.308 e. The highest BCUT2D eigenvalue weighted by atomic mass is 79.9. The SMILES string of the molecule is COC(=O)[C@H]1CCC[C@H](Oc2ccc(C#CCOC3CCCCO3)nc2Br)C1. The zero-order valence-electron chi connectivity index (χ0n) is 16.1. The molecule has 2 aliphatic rings. The van der Waals surface area contributed by atoms with Crippen LogP contribution in [0.15, 0.2) is 16.7 Å². The molecule has 0 bridgehead atoms. The molecule has 0 amide bonds. The summed E-state index contributed by atoms with van der Waals surface area (Å²) in [5.41, 5.74) is 0.642. The summed E-state index contributed by atoms with van der Waals surface area (Å²) in [6, 6.07) is 3.68. The van der Waals surface area contributed by atoms with E-state index in [0.29, 0.717) is 29.1 Å². The lowest BCUT2D eigenvalue weighted by Gasteiger charge is -2.28. The minimum Gasteiger partial charge on any atom is -0.488 e. The highest BCUT2D eigenvalue weighted by molar-refractivity contribution is 9.10. The number of carbonyl (C=O) groups is 1. The van der Waals surface area contributed by atoms with Crippen molar-refractivity contribution in [1.82, 2.24) is 4.98 Å². The van der Waals surface area contributed by atoms with Crippen LogP contribution >= 0.6 is 15.9 Å². The summed E-state index contributed by atoms with van der Waals surface area (Å²) in [6.45, 7) is 1.08. The summed E-state index contributed by atoms with van der Waals surface area (Å²) in [7, 11) is 1.43. The first kappa shape index (κ1) is 21.1. The van der Waals surface area contributed by atoms with Crippen molar-refractivity contribution in [2.45, 2.75) is 57.3 Å². The Hall–Kier alpha value is -1.62. The second kappa shape index (κ2) is 10.8. The van der Waals surface area contributed by atoms with Crippen LogP contribution in [-0.2, 0) is 19.0 Å². The van der Waals surface area contributed by atoms with E-state index in [1.54, 1.807) is 0 Å². The number of rotatable bonds is 5. The maximum atomic E-state index is 11.8. The largest absolute Gasteiger partial charge is 0.488 e. The molecule has 1 saturated carbocycles. The summed E-state index contributed by atoms with van der Waals surface area (Å²) in [5.74, 6) is 6.39. The highest BCUT2D eigenvalue weighted by Crippen LogP contribution is 2.31. The molecule has 1 aromatic rings. The lowest BCUT2D eigenvalue weighted by molar-refractivity contribution is -0.154. The van der Waals surface area contributed by atoms with Gasteiger partial charge in [-0.05, 0) is 78.9 Å². The zero-order valence-corrected chi connectivity index (χ0v) is 17.7. The molecular formula is C21H26BrNO5. The molecule has 3 rings (SSSR count). The maximum absolute atomic E-state index is 11.8. The molecule has 2 fully saturated rings. The Labute approximate surface area is 174 Å². The number of esters is 1. The standard InChI is InChI=1S/C21H26BrNO5/c1-25-21(24)15-6-4-8-17(14-15)28-18-11-10-16(23-20(18)22)7-5-13-27-19-9-2-3-12-26-19/h10-11,15,17,19H,2-4,6,8-9,12-14H2,1H3/t15-,17-,19?/m0/s1. The third kappa shape index (κ3) is 6.20. The van der Waals surface area contributed by atoms with E-state index < -0.39 is 0 Å². The van der Waals surface area contributed by atoms with E-state index >= 15 is 0 Å². The minimum atomic E-state index is -0.156. The van der Waals surface area contributed by atoms with Gasteiger partial charge in [-0.3, -0.25) is 4.79 Å². The van der Waals surface area contributed by atoms with Crippen LogP contribution in [0.2, 0.25) is 0 Å². The van der Waals surface area contributed by atoms with Gasteiger partial charge >= 0.3 is 5.97 Å². The molecule has 1 unspecified atom stereocenters. The first-order valence-corrected chi connectivity index (χ1v) is 10.6. The number of pyridine rings is 1. The summed E-state index contributed by atoms with van der Waals surface area (Å²) in [4.78, 5) is 16.2. The van der Waals surface area contributed by atoms with Crippen LogP contribution in [0.5, 0.6) is 5.75 Å². The van der Waals surface area contributed by atoms with Crippen molar-refractivity contribution in [2.75, 3.05) is 20.3 Å². The van der Waals surface area contributed by atoms with Gasteiger partial charge in [0.2, 0.25) is 0 Å². The van der Waals surface area contributed by atoms with E-state index in [9.17, 15) is 4.79 Å². The zero-order chi connectivity index (χ0) is 19.8. The average Bonchev–Trinajstić information content (AvgIpc) is 2.73. The third-order valence-electron chi connectivity index (χ3n) is 4.96. The molecule has 0 N–H and O–H groups in total. The molecule has 3 atom stereocenters. The van der Waals surface area contributed by atoms with Crippen molar-refractivity contribution in [3.05, 3.63) is 22.4 Å². The molecule has 7 heteroatoms. The van der Waals surface area contributed by atoms with E-state index in [4.69, 9.17) is 18.9 Å². The van der Waals surface area contributed by atoms with Crippen LogP contribution in [0, 0.1) is 17.8 Å². The predicted octanol–water partition coefficient (Wildman–Crippen LogP) is 3.85. The molecule has 0 spiro atoms. The van der Waals surface area contributed by atoms with Gasteiger partial charge in [-0.1, -0.05) is 5.92 Å². The fourth-order valence-electron chi connectivity index (χ4n) is 3.50. The van der Waals surface area contributed by atoms with Gasteiger partial charge in [-0.15, -0.1) is 0 Å². The molecule has 152 valence electrons. The second-order valence-electron chi connectivity index (χ2n) is 7.02. The fraction of sp³-hybridized carbons (Fsp3) is 0.619.